The van der Waals surface area contributed by atoms with Gasteiger partial charge in [0.1, 0.15) is 5.60 Å². The molecule has 6 heteroatoms. The van der Waals surface area contributed by atoms with E-state index in [1.54, 1.807) is 0 Å². The maximum absolute atomic E-state index is 9.10. The highest BCUT2D eigenvalue weighted by Gasteiger charge is 2.43. The Morgan fingerprint density at radius 1 is 1.25 bits per heavy atom. The fourth-order valence-corrected chi connectivity index (χ4v) is 2.13. The van der Waals surface area contributed by atoms with Crippen LogP contribution in [0.2, 0.25) is 0 Å². The van der Waals surface area contributed by atoms with Gasteiger partial charge in [-0.2, -0.15) is 4.89 Å². The molecule has 0 aromatic carbocycles. The van der Waals surface area contributed by atoms with E-state index >= 15 is 0 Å². The molecular weight excluding hydrogens is 214 g/mol. The summed E-state index contributed by atoms with van der Waals surface area (Å²) in [7, 11) is 0. The van der Waals surface area contributed by atoms with Crippen molar-refractivity contribution in [2.24, 2.45) is 11.7 Å². The minimum Gasteiger partial charge on any atom is -0.396 e. The van der Waals surface area contributed by atoms with Crippen LogP contribution >= 0.6 is 0 Å². The van der Waals surface area contributed by atoms with Crippen LogP contribution < -0.4 is 5.73 Å². The fourth-order valence-electron chi connectivity index (χ4n) is 2.13. The SMILES string of the molecule is NCCCC1(CCO)OOOCC1CCO. The molecule has 1 aliphatic heterocycles. The third kappa shape index (κ3) is 3.38. The van der Waals surface area contributed by atoms with Crippen molar-refractivity contribution in [3.05, 3.63) is 0 Å². The molecule has 1 rings (SSSR count). The van der Waals surface area contributed by atoms with Crippen molar-refractivity contribution in [2.75, 3.05) is 26.4 Å². The van der Waals surface area contributed by atoms with Crippen molar-refractivity contribution in [3.63, 3.8) is 0 Å². The lowest BCUT2D eigenvalue weighted by molar-refractivity contribution is -0.581. The highest BCUT2D eigenvalue weighted by atomic mass is 17.5. The quantitative estimate of drug-likeness (QED) is 0.526. The Kier molecular flexibility index (Phi) is 6.18. The van der Waals surface area contributed by atoms with Crippen LogP contribution in [0.5, 0.6) is 0 Å². The zero-order chi connectivity index (χ0) is 11.9. The topological polar surface area (TPSA) is 94.2 Å². The number of rotatable bonds is 7. The number of hydrogen-bond acceptors (Lipinski definition) is 6. The Labute approximate surface area is 95.1 Å². The maximum Gasteiger partial charge on any atom is 0.114 e. The van der Waals surface area contributed by atoms with Crippen molar-refractivity contribution >= 4 is 0 Å². The van der Waals surface area contributed by atoms with Crippen LogP contribution in [-0.2, 0) is 14.8 Å². The van der Waals surface area contributed by atoms with Crippen LogP contribution in [0.4, 0.5) is 0 Å². The molecule has 0 spiro atoms. The van der Waals surface area contributed by atoms with Crippen molar-refractivity contribution < 1.29 is 25.0 Å². The van der Waals surface area contributed by atoms with E-state index in [-0.39, 0.29) is 19.1 Å². The van der Waals surface area contributed by atoms with Gasteiger partial charge in [-0.25, -0.2) is 4.89 Å². The summed E-state index contributed by atoms with van der Waals surface area (Å²) in [5.74, 6) is 0.0185. The number of nitrogens with two attached hydrogens (primary N) is 1. The van der Waals surface area contributed by atoms with E-state index in [0.29, 0.717) is 32.4 Å². The summed E-state index contributed by atoms with van der Waals surface area (Å²) in [5.41, 5.74) is 4.89. The average Bonchev–Trinajstić information content (AvgIpc) is 2.30. The lowest BCUT2D eigenvalue weighted by atomic mass is 9.79. The average molecular weight is 235 g/mol. The van der Waals surface area contributed by atoms with E-state index in [1.807, 2.05) is 0 Å². The van der Waals surface area contributed by atoms with Gasteiger partial charge in [0, 0.05) is 25.6 Å². The monoisotopic (exact) mass is 235 g/mol. The van der Waals surface area contributed by atoms with E-state index < -0.39 is 5.60 Å². The highest BCUT2D eigenvalue weighted by molar-refractivity contribution is 4.88. The van der Waals surface area contributed by atoms with Gasteiger partial charge in [0.2, 0.25) is 0 Å². The predicted molar refractivity (Wildman–Crippen MR) is 56.0 cm³/mol. The van der Waals surface area contributed by atoms with Crippen molar-refractivity contribution in [1.82, 2.24) is 0 Å². The Balaban J connectivity index is 2.66. The Hall–Kier alpha value is -0.240. The number of aliphatic hydroxyl groups is 2. The lowest BCUT2D eigenvalue weighted by Crippen LogP contribution is -2.48. The first-order chi connectivity index (χ1) is 7.79. The van der Waals surface area contributed by atoms with E-state index in [9.17, 15) is 0 Å². The summed E-state index contributed by atoms with van der Waals surface area (Å²) < 4.78 is 0. The van der Waals surface area contributed by atoms with E-state index in [4.69, 9.17) is 25.7 Å². The third-order valence-corrected chi connectivity index (χ3v) is 3.08. The van der Waals surface area contributed by atoms with Crippen LogP contribution in [0.15, 0.2) is 0 Å². The summed E-state index contributed by atoms with van der Waals surface area (Å²) in [6.07, 6.45) is 2.50. The molecule has 1 fully saturated rings. The normalized spacial score (nSPS) is 30.6. The van der Waals surface area contributed by atoms with Crippen LogP contribution in [0.25, 0.3) is 0 Å². The van der Waals surface area contributed by atoms with Gasteiger partial charge in [-0.1, -0.05) is 5.04 Å². The van der Waals surface area contributed by atoms with Crippen LogP contribution in [-0.4, -0.2) is 42.2 Å². The molecule has 0 aliphatic carbocycles. The van der Waals surface area contributed by atoms with Crippen molar-refractivity contribution in [3.8, 4) is 0 Å². The third-order valence-electron chi connectivity index (χ3n) is 3.08. The van der Waals surface area contributed by atoms with Crippen LogP contribution in [0.3, 0.4) is 0 Å². The van der Waals surface area contributed by atoms with Crippen LogP contribution in [0.1, 0.15) is 25.7 Å². The molecule has 1 aliphatic rings. The molecule has 2 unspecified atom stereocenters. The summed E-state index contributed by atoms with van der Waals surface area (Å²) in [5, 5.41) is 22.7. The first-order valence-electron chi connectivity index (χ1n) is 5.68. The number of aliphatic hydroxyl groups excluding tert-OH is 2. The lowest BCUT2D eigenvalue weighted by Gasteiger charge is -2.41. The van der Waals surface area contributed by atoms with Gasteiger partial charge in [-0.15, -0.1) is 0 Å². The smallest absolute Gasteiger partial charge is 0.114 e. The maximum atomic E-state index is 9.10. The van der Waals surface area contributed by atoms with E-state index in [2.05, 4.69) is 5.04 Å². The van der Waals surface area contributed by atoms with Gasteiger partial charge in [0.25, 0.3) is 0 Å². The second kappa shape index (κ2) is 7.16. The molecule has 0 aromatic heterocycles. The second-order valence-electron chi connectivity index (χ2n) is 4.08. The van der Waals surface area contributed by atoms with Gasteiger partial charge in [-0.05, 0) is 25.8 Å². The standard InChI is InChI=1S/C10H21NO5/c11-5-1-3-10(4-7-13)9(2-6-12)8-14-16-15-10/h9,12-13H,1-8,11H2. The Morgan fingerprint density at radius 3 is 2.69 bits per heavy atom. The fraction of sp³-hybridized carbons (Fsp3) is 1.00. The van der Waals surface area contributed by atoms with Crippen LogP contribution in [0, 0.1) is 5.92 Å². The van der Waals surface area contributed by atoms with Crippen molar-refractivity contribution in [2.45, 2.75) is 31.3 Å². The molecule has 0 amide bonds. The first kappa shape index (κ1) is 13.8. The van der Waals surface area contributed by atoms with Gasteiger partial charge in [0.15, 0.2) is 0 Å². The van der Waals surface area contributed by atoms with E-state index in [0.717, 1.165) is 6.42 Å². The molecule has 4 N–H and O–H groups in total. The van der Waals surface area contributed by atoms with Crippen molar-refractivity contribution in [1.29, 1.82) is 0 Å². The van der Waals surface area contributed by atoms with Gasteiger partial charge < -0.3 is 15.9 Å². The predicted octanol–water partition coefficient (Wildman–Crippen LogP) is -0.262. The minimum absolute atomic E-state index is 0.00978. The molecule has 0 bridgehead atoms. The second-order valence-corrected chi connectivity index (χ2v) is 4.08. The molecule has 0 saturated carbocycles. The molecular formula is C10H21NO5. The van der Waals surface area contributed by atoms with E-state index in [1.165, 1.54) is 0 Å². The molecule has 0 aromatic rings. The molecule has 96 valence electrons. The molecule has 1 heterocycles. The molecule has 0 radical (unpaired) electrons. The summed E-state index contributed by atoms with van der Waals surface area (Å²) in [6, 6.07) is 0. The largest absolute Gasteiger partial charge is 0.396 e. The Bertz CT molecular complexity index is 186. The highest BCUT2D eigenvalue weighted by Crippen LogP contribution is 2.36. The summed E-state index contributed by atoms with van der Waals surface area (Å²) in [6.45, 7) is 0.997. The van der Waals surface area contributed by atoms with Gasteiger partial charge >= 0.3 is 0 Å². The molecule has 6 nitrogen and oxygen atoms in total. The number of hydrogen-bond donors (Lipinski definition) is 3. The first-order valence-corrected chi connectivity index (χ1v) is 5.68. The molecule has 16 heavy (non-hydrogen) atoms. The van der Waals surface area contributed by atoms with Gasteiger partial charge in [-0.3, -0.25) is 0 Å². The molecule has 1 saturated heterocycles. The Morgan fingerprint density at radius 2 is 2.06 bits per heavy atom. The summed E-state index contributed by atoms with van der Waals surface area (Å²) >= 11 is 0. The minimum atomic E-state index is -0.588. The van der Waals surface area contributed by atoms with Gasteiger partial charge in [0.05, 0.1) is 6.61 Å². The summed E-state index contributed by atoms with van der Waals surface area (Å²) in [4.78, 5) is 9.99. The zero-order valence-electron chi connectivity index (χ0n) is 9.43. The zero-order valence-corrected chi connectivity index (χ0v) is 9.43. The molecule has 2 atom stereocenters.